The van der Waals surface area contributed by atoms with E-state index in [9.17, 15) is 8.42 Å². The van der Waals surface area contributed by atoms with E-state index in [4.69, 9.17) is 11.6 Å². The maximum atomic E-state index is 12.3. The summed E-state index contributed by atoms with van der Waals surface area (Å²) in [5.41, 5.74) is 1.47. The topological polar surface area (TPSA) is 58.2 Å². The molecule has 0 aliphatic rings. The van der Waals surface area contributed by atoms with Crippen LogP contribution in [-0.2, 0) is 10.0 Å². The van der Waals surface area contributed by atoms with Gasteiger partial charge in [-0.2, -0.15) is 0 Å². The summed E-state index contributed by atoms with van der Waals surface area (Å²) >= 11 is 5.85. The van der Waals surface area contributed by atoms with Gasteiger partial charge in [0, 0.05) is 11.1 Å². The first-order chi connectivity index (χ1) is 9.92. The molecule has 2 aromatic rings. The molecule has 0 fully saturated rings. The van der Waals surface area contributed by atoms with Crippen LogP contribution in [0.25, 0.3) is 0 Å². The van der Waals surface area contributed by atoms with Crippen molar-refractivity contribution in [3.8, 4) is 0 Å². The third kappa shape index (κ3) is 3.97. The highest BCUT2D eigenvalue weighted by Crippen LogP contribution is 2.21. The molecule has 1 unspecified atom stereocenters. The van der Waals surface area contributed by atoms with Gasteiger partial charge < -0.3 is 5.32 Å². The molecule has 21 heavy (non-hydrogen) atoms. The molecule has 0 heterocycles. The predicted molar refractivity (Wildman–Crippen MR) is 86.2 cm³/mol. The number of hydrogen-bond acceptors (Lipinski definition) is 3. The Labute approximate surface area is 130 Å². The molecule has 0 aromatic heterocycles. The standard InChI is InChI=1S/C15H17ClN2O2S/c1-11(17-2)12-6-8-15(9-7-12)21(19,20)18-14-5-3-4-13(16)10-14/h3-11,17-18H,1-2H3. The smallest absolute Gasteiger partial charge is 0.261 e. The first-order valence-electron chi connectivity index (χ1n) is 6.48. The molecule has 2 N–H and O–H groups in total. The quantitative estimate of drug-likeness (QED) is 0.886. The molecule has 0 aliphatic heterocycles. The van der Waals surface area contributed by atoms with Gasteiger partial charge in [0.15, 0.2) is 0 Å². The van der Waals surface area contributed by atoms with Gasteiger partial charge in [0.2, 0.25) is 0 Å². The Kier molecular flexibility index (Phi) is 4.88. The minimum Gasteiger partial charge on any atom is -0.313 e. The molecule has 0 saturated heterocycles. The number of halogens is 1. The van der Waals surface area contributed by atoms with Crippen LogP contribution in [0.5, 0.6) is 0 Å². The second-order valence-corrected chi connectivity index (χ2v) is 6.81. The van der Waals surface area contributed by atoms with Crippen LogP contribution in [0.4, 0.5) is 5.69 Å². The molecule has 0 radical (unpaired) electrons. The Morgan fingerprint density at radius 1 is 1.10 bits per heavy atom. The number of nitrogens with one attached hydrogen (secondary N) is 2. The van der Waals surface area contributed by atoms with E-state index in [1.165, 1.54) is 0 Å². The first-order valence-corrected chi connectivity index (χ1v) is 8.34. The van der Waals surface area contributed by atoms with Crippen molar-refractivity contribution < 1.29 is 8.42 Å². The summed E-state index contributed by atoms with van der Waals surface area (Å²) in [5, 5.41) is 3.59. The van der Waals surface area contributed by atoms with Crippen molar-refractivity contribution in [2.45, 2.75) is 17.9 Å². The highest BCUT2D eigenvalue weighted by atomic mass is 35.5. The molecule has 112 valence electrons. The van der Waals surface area contributed by atoms with Gasteiger partial charge in [0.25, 0.3) is 10.0 Å². The monoisotopic (exact) mass is 324 g/mol. The van der Waals surface area contributed by atoms with Crippen LogP contribution in [0.15, 0.2) is 53.4 Å². The highest BCUT2D eigenvalue weighted by Gasteiger charge is 2.14. The summed E-state index contributed by atoms with van der Waals surface area (Å²) in [6, 6.07) is 13.6. The van der Waals surface area contributed by atoms with Crippen molar-refractivity contribution in [1.29, 1.82) is 0 Å². The van der Waals surface area contributed by atoms with E-state index in [-0.39, 0.29) is 10.9 Å². The van der Waals surface area contributed by atoms with E-state index >= 15 is 0 Å². The van der Waals surface area contributed by atoms with Crippen LogP contribution in [0.3, 0.4) is 0 Å². The maximum Gasteiger partial charge on any atom is 0.261 e. The maximum absolute atomic E-state index is 12.3. The third-order valence-corrected chi connectivity index (χ3v) is 4.83. The summed E-state index contributed by atoms with van der Waals surface area (Å²) in [7, 11) is -1.75. The normalized spacial score (nSPS) is 12.9. The van der Waals surface area contributed by atoms with Crippen molar-refractivity contribution in [2.24, 2.45) is 0 Å². The first kappa shape index (κ1) is 15.8. The minimum atomic E-state index is -3.61. The number of hydrogen-bond donors (Lipinski definition) is 2. The second-order valence-electron chi connectivity index (χ2n) is 4.70. The molecule has 1 atom stereocenters. The average molecular weight is 325 g/mol. The SMILES string of the molecule is CNC(C)c1ccc(S(=O)(=O)Nc2cccc(Cl)c2)cc1. The molecule has 6 heteroatoms. The third-order valence-electron chi connectivity index (χ3n) is 3.20. The van der Waals surface area contributed by atoms with E-state index in [2.05, 4.69) is 10.0 Å². The van der Waals surface area contributed by atoms with Crippen LogP contribution < -0.4 is 10.0 Å². The molecule has 0 amide bonds. The fourth-order valence-electron chi connectivity index (χ4n) is 1.87. The molecule has 0 bridgehead atoms. The predicted octanol–water partition coefficient (Wildman–Crippen LogP) is 3.42. The van der Waals surface area contributed by atoms with Gasteiger partial charge >= 0.3 is 0 Å². The summed E-state index contributed by atoms with van der Waals surface area (Å²) in [5.74, 6) is 0. The average Bonchev–Trinajstić information content (AvgIpc) is 2.46. The zero-order valence-electron chi connectivity index (χ0n) is 11.8. The van der Waals surface area contributed by atoms with Crippen LogP contribution in [0.1, 0.15) is 18.5 Å². The van der Waals surface area contributed by atoms with Crippen molar-refractivity contribution >= 4 is 27.3 Å². The van der Waals surface area contributed by atoms with E-state index in [1.54, 1.807) is 48.5 Å². The fraction of sp³-hybridized carbons (Fsp3) is 0.200. The molecule has 2 aromatic carbocycles. The van der Waals surface area contributed by atoms with Crippen molar-refractivity contribution in [3.05, 3.63) is 59.1 Å². The molecular formula is C15H17ClN2O2S. The zero-order valence-corrected chi connectivity index (χ0v) is 13.4. The number of rotatable bonds is 5. The van der Waals surface area contributed by atoms with Gasteiger partial charge in [-0.25, -0.2) is 8.42 Å². The molecule has 0 aliphatic carbocycles. The lowest BCUT2D eigenvalue weighted by Gasteiger charge is -2.12. The van der Waals surface area contributed by atoms with Crippen molar-refractivity contribution in [3.63, 3.8) is 0 Å². The van der Waals surface area contributed by atoms with E-state index < -0.39 is 10.0 Å². The van der Waals surface area contributed by atoms with Gasteiger partial charge in [-0.05, 0) is 49.9 Å². The lowest BCUT2D eigenvalue weighted by atomic mass is 10.1. The molecular weight excluding hydrogens is 308 g/mol. The Bertz CT molecular complexity index is 715. The van der Waals surface area contributed by atoms with Crippen LogP contribution in [0, 0.1) is 0 Å². The van der Waals surface area contributed by atoms with Crippen LogP contribution in [0.2, 0.25) is 5.02 Å². The number of sulfonamides is 1. The molecule has 0 spiro atoms. The summed E-state index contributed by atoms with van der Waals surface area (Å²) < 4.78 is 27.1. The van der Waals surface area contributed by atoms with Crippen molar-refractivity contribution in [1.82, 2.24) is 5.32 Å². The Morgan fingerprint density at radius 2 is 1.76 bits per heavy atom. The van der Waals surface area contributed by atoms with Gasteiger partial charge in [-0.15, -0.1) is 0 Å². The van der Waals surface area contributed by atoms with Gasteiger partial charge in [0.05, 0.1) is 10.6 Å². The fourth-order valence-corrected chi connectivity index (χ4v) is 3.11. The number of benzene rings is 2. The van der Waals surface area contributed by atoms with E-state index in [1.807, 2.05) is 14.0 Å². The van der Waals surface area contributed by atoms with E-state index in [0.29, 0.717) is 10.7 Å². The summed E-state index contributed by atoms with van der Waals surface area (Å²) in [6.07, 6.45) is 0. The van der Waals surface area contributed by atoms with Gasteiger partial charge in [0.1, 0.15) is 0 Å². The van der Waals surface area contributed by atoms with Gasteiger partial charge in [-0.1, -0.05) is 29.8 Å². The number of anilines is 1. The Balaban J connectivity index is 2.23. The largest absolute Gasteiger partial charge is 0.313 e. The molecule has 2 rings (SSSR count). The second kappa shape index (κ2) is 6.47. The van der Waals surface area contributed by atoms with Crippen LogP contribution >= 0.6 is 11.6 Å². The van der Waals surface area contributed by atoms with E-state index in [0.717, 1.165) is 5.56 Å². The molecule has 0 saturated carbocycles. The Morgan fingerprint density at radius 3 is 2.33 bits per heavy atom. The summed E-state index contributed by atoms with van der Waals surface area (Å²) in [4.78, 5) is 0.217. The lowest BCUT2D eigenvalue weighted by Crippen LogP contribution is -2.14. The van der Waals surface area contributed by atoms with Crippen LogP contribution in [-0.4, -0.2) is 15.5 Å². The summed E-state index contributed by atoms with van der Waals surface area (Å²) in [6.45, 7) is 2.01. The zero-order chi connectivity index (χ0) is 15.5. The lowest BCUT2D eigenvalue weighted by molar-refractivity contribution is 0.601. The highest BCUT2D eigenvalue weighted by molar-refractivity contribution is 7.92. The van der Waals surface area contributed by atoms with Crippen molar-refractivity contribution in [2.75, 3.05) is 11.8 Å². The minimum absolute atomic E-state index is 0.169. The Hall–Kier alpha value is -1.56. The molecule has 4 nitrogen and oxygen atoms in total. The van der Waals surface area contributed by atoms with Gasteiger partial charge in [-0.3, -0.25) is 4.72 Å².